The summed E-state index contributed by atoms with van der Waals surface area (Å²) in [5.41, 5.74) is 1.10. The van der Waals surface area contributed by atoms with E-state index in [-0.39, 0.29) is 0 Å². The molecule has 0 fully saturated rings. The molecule has 3 rings (SSSR count). The summed E-state index contributed by atoms with van der Waals surface area (Å²) >= 11 is 3.39. The van der Waals surface area contributed by atoms with E-state index in [9.17, 15) is 0 Å². The largest absolute Gasteiger partial charge is 0.372 e. The highest BCUT2D eigenvalue weighted by molar-refractivity contribution is 7.20. The molecular formula is C10H10N2OS2. The van der Waals surface area contributed by atoms with Crippen LogP contribution in [0, 0.1) is 0 Å². The van der Waals surface area contributed by atoms with Crippen LogP contribution in [-0.4, -0.2) is 16.1 Å². The molecule has 3 heterocycles. The molecular weight excluding hydrogens is 228 g/mol. The summed E-state index contributed by atoms with van der Waals surface area (Å²) in [5.74, 6) is 0. The topological polar surface area (TPSA) is 35.0 Å². The fraction of sp³-hybridized carbons (Fsp3) is 0.400. The molecule has 3 nitrogen and oxygen atoms in total. The monoisotopic (exact) mass is 238 g/mol. The Morgan fingerprint density at radius 3 is 3.20 bits per heavy atom. The molecule has 0 saturated carbocycles. The highest BCUT2D eigenvalue weighted by Crippen LogP contribution is 2.32. The molecule has 0 aliphatic carbocycles. The Morgan fingerprint density at radius 1 is 1.47 bits per heavy atom. The minimum atomic E-state index is 0.321. The van der Waals surface area contributed by atoms with Crippen LogP contribution >= 0.6 is 22.7 Å². The third-order valence-electron chi connectivity index (χ3n) is 2.37. The number of fused-ring (bicyclic) bond motifs is 1. The lowest BCUT2D eigenvalue weighted by Gasteiger charge is -2.17. The van der Waals surface area contributed by atoms with Crippen LogP contribution in [0.25, 0.3) is 10.0 Å². The van der Waals surface area contributed by atoms with Crippen LogP contribution in [-0.2, 0) is 17.8 Å². The summed E-state index contributed by atoms with van der Waals surface area (Å²) in [7, 11) is 0. The summed E-state index contributed by atoms with van der Waals surface area (Å²) in [6.45, 7) is 2.75. The van der Waals surface area contributed by atoms with Crippen molar-refractivity contribution in [3.63, 3.8) is 0 Å². The molecule has 0 bridgehead atoms. The average Bonchev–Trinajstić information content (AvgIpc) is 2.84. The van der Waals surface area contributed by atoms with Crippen molar-refractivity contribution >= 4 is 22.7 Å². The maximum absolute atomic E-state index is 5.56. The second-order valence-corrected chi connectivity index (χ2v) is 5.53. The lowest BCUT2D eigenvalue weighted by Crippen LogP contribution is -2.17. The first kappa shape index (κ1) is 9.45. The Labute approximate surface area is 95.8 Å². The first-order valence-electron chi connectivity index (χ1n) is 4.83. The molecule has 0 spiro atoms. The lowest BCUT2D eigenvalue weighted by atomic mass is 10.2. The summed E-state index contributed by atoms with van der Waals surface area (Å²) < 4.78 is 5.56. The van der Waals surface area contributed by atoms with Gasteiger partial charge in [0, 0.05) is 22.9 Å². The predicted molar refractivity (Wildman–Crippen MR) is 61.2 cm³/mol. The number of hydrogen-bond donors (Lipinski definition) is 0. The van der Waals surface area contributed by atoms with E-state index in [1.54, 1.807) is 22.7 Å². The number of ether oxygens (including phenoxy) is 1. The summed E-state index contributed by atoms with van der Waals surface area (Å²) in [4.78, 5) is 10.2. The minimum absolute atomic E-state index is 0.321. The second kappa shape index (κ2) is 3.66. The molecule has 0 saturated heterocycles. The molecule has 2 aromatic heterocycles. The van der Waals surface area contributed by atoms with Gasteiger partial charge in [-0.2, -0.15) is 0 Å². The third-order valence-corrected chi connectivity index (χ3v) is 4.41. The number of aromatic nitrogens is 2. The maximum Gasteiger partial charge on any atom is 0.152 e. The van der Waals surface area contributed by atoms with E-state index in [4.69, 9.17) is 4.74 Å². The van der Waals surface area contributed by atoms with E-state index >= 15 is 0 Å². The Hall–Kier alpha value is -0.780. The van der Waals surface area contributed by atoms with Gasteiger partial charge < -0.3 is 4.74 Å². The van der Waals surface area contributed by atoms with Crippen molar-refractivity contribution in [3.05, 3.63) is 22.1 Å². The third kappa shape index (κ3) is 1.71. The zero-order chi connectivity index (χ0) is 10.3. The minimum Gasteiger partial charge on any atom is -0.372 e. The molecule has 0 radical (unpaired) electrons. The van der Waals surface area contributed by atoms with Crippen LogP contribution in [0.15, 0.2) is 11.6 Å². The predicted octanol–water partition coefficient (Wildman–Crippen LogP) is 2.73. The molecule has 1 atom stereocenters. The Kier molecular flexibility index (Phi) is 2.31. The normalized spacial score (nSPS) is 20.2. The van der Waals surface area contributed by atoms with Gasteiger partial charge in [-0.1, -0.05) is 0 Å². The van der Waals surface area contributed by atoms with E-state index in [1.165, 1.54) is 4.88 Å². The Bertz CT molecular complexity index is 464. The van der Waals surface area contributed by atoms with Crippen molar-refractivity contribution < 1.29 is 4.74 Å². The number of nitrogens with zero attached hydrogens (tertiary/aromatic N) is 2. The van der Waals surface area contributed by atoms with Crippen LogP contribution in [0.1, 0.15) is 17.5 Å². The lowest BCUT2D eigenvalue weighted by molar-refractivity contribution is 0.0401. The summed E-state index contributed by atoms with van der Waals surface area (Å²) in [6.07, 6.45) is 3.12. The summed E-state index contributed by atoms with van der Waals surface area (Å²) in [5, 5.41) is 4.03. The van der Waals surface area contributed by atoms with Crippen LogP contribution in [0.3, 0.4) is 0 Å². The van der Waals surface area contributed by atoms with Crippen molar-refractivity contribution in [1.82, 2.24) is 9.97 Å². The molecule has 1 unspecified atom stereocenters. The van der Waals surface area contributed by atoms with Crippen molar-refractivity contribution in [2.75, 3.05) is 0 Å². The molecule has 0 N–H and O–H groups in total. The SMILES string of the molecule is CC1Cc2sc(-c3nccs3)nc2CO1. The van der Waals surface area contributed by atoms with Gasteiger partial charge in [0.2, 0.25) is 0 Å². The van der Waals surface area contributed by atoms with Crippen molar-refractivity contribution in [3.8, 4) is 10.0 Å². The van der Waals surface area contributed by atoms with Gasteiger partial charge in [-0.15, -0.1) is 22.7 Å². The van der Waals surface area contributed by atoms with E-state index in [2.05, 4.69) is 16.9 Å². The van der Waals surface area contributed by atoms with E-state index in [1.807, 2.05) is 11.6 Å². The van der Waals surface area contributed by atoms with E-state index in [0.29, 0.717) is 12.7 Å². The highest BCUT2D eigenvalue weighted by atomic mass is 32.1. The van der Waals surface area contributed by atoms with Crippen LogP contribution < -0.4 is 0 Å². The van der Waals surface area contributed by atoms with Gasteiger partial charge in [-0.25, -0.2) is 9.97 Å². The molecule has 0 aromatic carbocycles. The quantitative estimate of drug-likeness (QED) is 0.766. The van der Waals surface area contributed by atoms with Crippen molar-refractivity contribution in [2.24, 2.45) is 0 Å². The fourth-order valence-electron chi connectivity index (χ4n) is 1.62. The van der Waals surface area contributed by atoms with Crippen molar-refractivity contribution in [2.45, 2.75) is 26.1 Å². The molecule has 2 aromatic rings. The fourth-order valence-corrected chi connectivity index (χ4v) is 3.48. The standard InChI is InChI=1S/C10H10N2OS2/c1-6-4-8-7(5-13-6)12-10(15-8)9-11-2-3-14-9/h2-3,6H,4-5H2,1H3. The van der Waals surface area contributed by atoms with Gasteiger partial charge in [-0.3, -0.25) is 0 Å². The van der Waals surface area contributed by atoms with Crippen molar-refractivity contribution in [1.29, 1.82) is 0 Å². The van der Waals surface area contributed by atoms with Gasteiger partial charge in [0.05, 0.1) is 18.4 Å². The Morgan fingerprint density at radius 2 is 2.40 bits per heavy atom. The maximum atomic E-state index is 5.56. The van der Waals surface area contributed by atoms with Crippen LogP contribution in [0.5, 0.6) is 0 Å². The average molecular weight is 238 g/mol. The van der Waals surface area contributed by atoms with Gasteiger partial charge in [0.1, 0.15) is 0 Å². The molecule has 0 amide bonds. The number of hydrogen-bond acceptors (Lipinski definition) is 5. The first-order chi connectivity index (χ1) is 7.33. The van der Waals surface area contributed by atoms with Gasteiger partial charge in [0.15, 0.2) is 10.0 Å². The molecule has 15 heavy (non-hydrogen) atoms. The molecule has 1 aliphatic heterocycles. The van der Waals surface area contributed by atoms with Gasteiger partial charge in [0.25, 0.3) is 0 Å². The van der Waals surface area contributed by atoms with Crippen LogP contribution in [0.2, 0.25) is 0 Å². The van der Waals surface area contributed by atoms with Gasteiger partial charge >= 0.3 is 0 Å². The first-order valence-corrected chi connectivity index (χ1v) is 6.52. The zero-order valence-electron chi connectivity index (χ0n) is 8.27. The number of thiazole rings is 2. The number of rotatable bonds is 1. The second-order valence-electron chi connectivity index (χ2n) is 3.55. The Balaban J connectivity index is 2.00. The molecule has 1 aliphatic rings. The smallest absolute Gasteiger partial charge is 0.152 e. The van der Waals surface area contributed by atoms with E-state index in [0.717, 1.165) is 22.1 Å². The van der Waals surface area contributed by atoms with Crippen LogP contribution in [0.4, 0.5) is 0 Å². The molecule has 78 valence electrons. The van der Waals surface area contributed by atoms with Gasteiger partial charge in [-0.05, 0) is 6.92 Å². The zero-order valence-corrected chi connectivity index (χ0v) is 9.90. The van der Waals surface area contributed by atoms with E-state index < -0.39 is 0 Å². The molecule has 5 heteroatoms. The summed E-state index contributed by atoms with van der Waals surface area (Å²) in [6, 6.07) is 0. The highest BCUT2D eigenvalue weighted by Gasteiger charge is 2.21.